The number of fused-ring (bicyclic) bond motifs is 3. The molecule has 3 N–H and O–H groups in total. The van der Waals surface area contributed by atoms with E-state index in [1.165, 1.54) is 10.5 Å². The maximum Gasteiger partial charge on any atom is 0.238 e. The maximum atomic E-state index is 13.9. The number of imide groups is 1. The maximum absolute atomic E-state index is 13.9. The number of hydrogen-bond acceptors (Lipinski definition) is 7. The molecule has 1 aliphatic carbocycles. The molecule has 0 saturated carbocycles. The molecule has 0 bridgehead atoms. The van der Waals surface area contributed by atoms with Gasteiger partial charge in [0.15, 0.2) is 0 Å². The van der Waals surface area contributed by atoms with E-state index in [1.807, 2.05) is 54.6 Å². The van der Waals surface area contributed by atoms with Gasteiger partial charge < -0.3 is 24.7 Å². The monoisotopic (exact) mass is 582 g/mol. The van der Waals surface area contributed by atoms with Gasteiger partial charge in [-0.25, -0.2) is 0 Å². The lowest BCUT2D eigenvalue weighted by molar-refractivity contribution is -0.122. The predicted molar refractivity (Wildman–Crippen MR) is 164 cm³/mol. The number of furan rings is 1. The number of rotatable bonds is 11. The van der Waals surface area contributed by atoms with Crippen molar-refractivity contribution in [2.24, 2.45) is 17.8 Å². The van der Waals surface area contributed by atoms with Gasteiger partial charge in [-0.3, -0.25) is 14.5 Å². The van der Waals surface area contributed by atoms with Crippen molar-refractivity contribution in [3.05, 3.63) is 95.0 Å². The molecule has 3 aromatic rings. The van der Waals surface area contributed by atoms with Crippen LogP contribution in [0.4, 0.5) is 17.1 Å². The quantitative estimate of drug-likeness (QED) is 0.188. The van der Waals surface area contributed by atoms with Crippen LogP contribution < -0.4 is 10.2 Å². The van der Waals surface area contributed by atoms with Gasteiger partial charge in [-0.05, 0) is 91.4 Å². The highest BCUT2D eigenvalue weighted by Crippen LogP contribution is 2.50. The van der Waals surface area contributed by atoms with Crippen LogP contribution in [0.1, 0.15) is 50.5 Å². The predicted octanol–water partition coefficient (Wildman–Crippen LogP) is 5.99. The number of carbonyl (C=O) groups is 2. The van der Waals surface area contributed by atoms with Crippen molar-refractivity contribution in [1.82, 2.24) is 0 Å². The fourth-order valence-corrected chi connectivity index (χ4v) is 6.92. The van der Waals surface area contributed by atoms with Crippen LogP contribution in [-0.4, -0.2) is 41.3 Å². The third kappa shape index (κ3) is 5.83. The highest BCUT2D eigenvalue weighted by atomic mass is 16.5. The molecular formula is C35H38N2O6. The summed E-state index contributed by atoms with van der Waals surface area (Å²) in [4.78, 5) is 28.9. The number of para-hydroxylation sites is 1. The molecule has 2 aromatic carbocycles. The van der Waals surface area contributed by atoms with Gasteiger partial charge in [-0.1, -0.05) is 37.1 Å². The highest BCUT2D eigenvalue weighted by molar-refractivity contribution is 6.22. The van der Waals surface area contributed by atoms with E-state index in [9.17, 15) is 19.8 Å². The first-order valence-electron chi connectivity index (χ1n) is 15.1. The van der Waals surface area contributed by atoms with E-state index in [2.05, 4.69) is 12.2 Å². The Balaban J connectivity index is 1.18. The Bertz CT molecular complexity index is 1520. The largest absolute Gasteiger partial charge is 0.459 e. The van der Waals surface area contributed by atoms with Crippen molar-refractivity contribution in [2.45, 2.75) is 51.7 Å². The van der Waals surface area contributed by atoms with E-state index in [1.54, 1.807) is 18.2 Å². The molecule has 8 nitrogen and oxygen atoms in total. The molecular weight excluding hydrogens is 544 g/mol. The first kappa shape index (κ1) is 29.1. The van der Waals surface area contributed by atoms with Crippen LogP contribution in [0.2, 0.25) is 0 Å². The fourth-order valence-electron chi connectivity index (χ4n) is 6.92. The molecule has 2 fully saturated rings. The molecule has 0 spiro atoms. The second-order valence-corrected chi connectivity index (χ2v) is 11.6. The van der Waals surface area contributed by atoms with Gasteiger partial charge in [0.25, 0.3) is 0 Å². The van der Waals surface area contributed by atoms with E-state index in [0.717, 1.165) is 41.8 Å². The SMILES string of the molecule is CCC/C(=C\c1ccc(CO)o1)CC[C@H]1OC[C@H]2C1=C(CO)C[C@H]1C(=O)N(c3ccc(Nc4ccccc4)cc3)C(=O)[C@H]12. The zero-order valence-corrected chi connectivity index (χ0v) is 24.4. The van der Waals surface area contributed by atoms with Gasteiger partial charge in [-0.15, -0.1) is 0 Å². The van der Waals surface area contributed by atoms with Gasteiger partial charge in [0.1, 0.15) is 18.1 Å². The van der Waals surface area contributed by atoms with E-state index >= 15 is 0 Å². The van der Waals surface area contributed by atoms with Gasteiger partial charge in [-0.2, -0.15) is 0 Å². The summed E-state index contributed by atoms with van der Waals surface area (Å²) in [7, 11) is 0. The smallest absolute Gasteiger partial charge is 0.238 e. The van der Waals surface area contributed by atoms with Gasteiger partial charge in [0.05, 0.1) is 36.8 Å². The summed E-state index contributed by atoms with van der Waals surface area (Å²) in [5, 5.41) is 23.0. The summed E-state index contributed by atoms with van der Waals surface area (Å²) in [6.45, 7) is 2.21. The molecule has 0 radical (unpaired) electrons. The molecule has 0 unspecified atom stereocenters. The number of ether oxygens (including phenoxy) is 1. The molecule has 1 aromatic heterocycles. The standard InChI is InChI=1S/C35H38N2O6/c1-2-6-22(17-27-14-15-28(20-39)43-27)9-16-31-32-23(19-38)18-29-33(30(32)21-42-31)35(41)37(34(29)40)26-12-10-25(11-13-26)36-24-7-4-3-5-8-24/h3-5,7-8,10-15,17,29-31,33,36,38-39H,2,6,9,16,18-21H2,1H3/b22-17+/t29-,30+,31-,33-/m1/s1. The third-order valence-electron chi connectivity index (χ3n) is 8.87. The van der Waals surface area contributed by atoms with Crippen LogP contribution in [-0.2, 0) is 20.9 Å². The number of aliphatic hydroxyl groups is 2. The number of carbonyl (C=O) groups excluding carboxylic acids is 2. The average Bonchev–Trinajstić information content (AvgIpc) is 3.73. The number of amides is 2. The van der Waals surface area contributed by atoms with E-state index in [-0.39, 0.29) is 37.0 Å². The molecule has 2 amide bonds. The Labute approximate surface area is 251 Å². The average molecular weight is 583 g/mol. The van der Waals surface area contributed by atoms with E-state index in [0.29, 0.717) is 36.7 Å². The molecule has 6 rings (SSSR count). The zero-order valence-electron chi connectivity index (χ0n) is 24.4. The van der Waals surface area contributed by atoms with Crippen molar-refractivity contribution in [3.8, 4) is 0 Å². The van der Waals surface area contributed by atoms with Crippen LogP contribution in [0.5, 0.6) is 0 Å². The Morgan fingerprint density at radius 1 is 0.930 bits per heavy atom. The molecule has 2 saturated heterocycles. The van der Waals surface area contributed by atoms with Gasteiger partial charge in [0.2, 0.25) is 11.8 Å². The third-order valence-corrected chi connectivity index (χ3v) is 8.87. The summed E-state index contributed by atoms with van der Waals surface area (Å²) >= 11 is 0. The molecule has 3 aliphatic rings. The molecule has 3 heterocycles. The minimum atomic E-state index is -0.497. The highest BCUT2D eigenvalue weighted by Gasteiger charge is 2.57. The summed E-state index contributed by atoms with van der Waals surface area (Å²) in [6.07, 6.45) is 5.58. The van der Waals surface area contributed by atoms with Crippen LogP contribution >= 0.6 is 0 Å². The Morgan fingerprint density at radius 2 is 1.70 bits per heavy atom. The van der Waals surface area contributed by atoms with Crippen LogP contribution in [0.3, 0.4) is 0 Å². The summed E-state index contributed by atoms with van der Waals surface area (Å²) < 4.78 is 12.0. The Kier molecular flexibility index (Phi) is 8.61. The number of nitrogens with zero attached hydrogens (tertiary/aromatic N) is 1. The minimum absolute atomic E-state index is 0.135. The lowest BCUT2D eigenvalue weighted by Gasteiger charge is -2.31. The number of benzene rings is 2. The summed E-state index contributed by atoms with van der Waals surface area (Å²) in [6, 6.07) is 20.8. The molecule has 43 heavy (non-hydrogen) atoms. The Morgan fingerprint density at radius 3 is 2.40 bits per heavy atom. The molecule has 4 atom stereocenters. The van der Waals surface area contributed by atoms with Crippen LogP contribution in [0, 0.1) is 17.8 Å². The number of hydrogen-bond donors (Lipinski definition) is 3. The second-order valence-electron chi connectivity index (χ2n) is 11.6. The normalized spacial score (nSPS) is 23.6. The molecule has 2 aliphatic heterocycles. The zero-order chi connectivity index (χ0) is 29.9. The van der Waals surface area contributed by atoms with Crippen molar-refractivity contribution in [3.63, 3.8) is 0 Å². The minimum Gasteiger partial charge on any atom is -0.459 e. The van der Waals surface area contributed by atoms with Gasteiger partial charge >= 0.3 is 0 Å². The van der Waals surface area contributed by atoms with Crippen molar-refractivity contribution in [1.29, 1.82) is 0 Å². The molecule has 224 valence electrons. The lowest BCUT2D eigenvalue weighted by atomic mass is 9.69. The Hall–Kier alpha value is -3.98. The van der Waals surface area contributed by atoms with Crippen LogP contribution in [0.15, 0.2) is 87.9 Å². The number of nitrogens with one attached hydrogen (secondary N) is 1. The van der Waals surface area contributed by atoms with Crippen LogP contribution in [0.25, 0.3) is 6.08 Å². The first-order valence-corrected chi connectivity index (χ1v) is 15.1. The molecule has 8 heteroatoms. The number of allylic oxidation sites excluding steroid dienone is 1. The lowest BCUT2D eigenvalue weighted by Crippen LogP contribution is -2.35. The number of anilines is 3. The van der Waals surface area contributed by atoms with Crippen molar-refractivity contribution < 1.29 is 29.0 Å². The first-order chi connectivity index (χ1) is 21.0. The van der Waals surface area contributed by atoms with Gasteiger partial charge in [0, 0.05) is 17.3 Å². The summed E-state index contributed by atoms with van der Waals surface area (Å²) in [5.41, 5.74) is 5.43. The fraction of sp³-hybridized carbons (Fsp3) is 0.371. The summed E-state index contributed by atoms with van der Waals surface area (Å²) in [5.74, 6) is -0.357. The topological polar surface area (TPSA) is 112 Å². The van der Waals surface area contributed by atoms with Crippen molar-refractivity contribution in [2.75, 3.05) is 23.4 Å². The second kappa shape index (κ2) is 12.7. The number of aliphatic hydroxyl groups excluding tert-OH is 2. The van der Waals surface area contributed by atoms with Crippen molar-refractivity contribution >= 4 is 35.0 Å². The van der Waals surface area contributed by atoms with E-state index in [4.69, 9.17) is 9.15 Å². The van der Waals surface area contributed by atoms with E-state index < -0.39 is 11.8 Å².